The predicted molar refractivity (Wildman–Crippen MR) is 94.7 cm³/mol. The van der Waals surface area contributed by atoms with Gasteiger partial charge in [0.05, 0.1) is 17.4 Å². The zero-order chi connectivity index (χ0) is 17.9. The molecule has 136 valence electrons. The van der Waals surface area contributed by atoms with Gasteiger partial charge in [-0.05, 0) is 18.4 Å². The van der Waals surface area contributed by atoms with Crippen molar-refractivity contribution < 1.29 is 18.0 Å². The van der Waals surface area contributed by atoms with E-state index in [2.05, 4.69) is 0 Å². The molecule has 0 spiro atoms. The molecule has 0 bridgehead atoms. The van der Waals surface area contributed by atoms with Gasteiger partial charge in [0.25, 0.3) is 0 Å². The van der Waals surface area contributed by atoms with Gasteiger partial charge in [0.1, 0.15) is 0 Å². The van der Waals surface area contributed by atoms with Crippen LogP contribution in [0.1, 0.15) is 18.4 Å². The van der Waals surface area contributed by atoms with Gasteiger partial charge in [0.15, 0.2) is 9.84 Å². The molecule has 7 heteroatoms. The average Bonchev–Trinajstić information content (AvgIpc) is 3.00. The van der Waals surface area contributed by atoms with Gasteiger partial charge >= 0.3 is 0 Å². The molecule has 2 aliphatic heterocycles. The standard InChI is InChI=1S/C18H24N2O4S/c21-17(7-6-15-4-2-1-3-5-15)19-9-11-20(12-10-19)18(22)16-8-13-25(23,24)14-16/h1-5,16H,6-14H2/t16-/m1/s1. The normalized spacial score (nSPS) is 22.8. The molecule has 0 aliphatic carbocycles. The molecular formula is C18H24N2O4S. The Labute approximate surface area is 148 Å². The van der Waals surface area contributed by atoms with Crippen molar-refractivity contribution in [1.29, 1.82) is 0 Å². The van der Waals surface area contributed by atoms with E-state index >= 15 is 0 Å². The summed E-state index contributed by atoms with van der Waals surface area (Å²) < 4.78 is 23.1. The van der Waals surface area contributed by atoms with E-state index in [9.17, 15) is 18.0 Å². The van der Waals surface area contributed by atoms with E-state index in [0.29, 0.717) is 39.0 Å². The number of piperazine rings is 1. The summed E-state index contributed by atoms with van der Waals surface area (Å²) in [6.45, 7) is 2.04. The quantitative estimate of drug-likeness (QED) is 0.789. The lowest BCUT2D eigenvalue weighted by Gasteiger charge is -2.36. The lowest BCUT2D eigenvalue weighted by Crippen LogP contribution is -2.52. The number of nitrogens with zero attached hydrogens (tertiary/aromatic N) is 2. The van der Waals surface area contributed by atoms with E-state index in [1.165, 1.54) is 0 Å². The van der Waals surface area contributed by atoms with Crippen molar-refractivity contribution in [3.8, 4) is 0 Å². The molecule has 6 nitrogen and oxygen atoms in total. The summed E-state index contributed by atoms with van der Waals surface area (Å²) in [6.07, 6.45) is 1.62. The summed E-state index contributed by atoms with van der Waals surface area (Å²) in [4.78, 5) is 28.3. The number of rotatable bonds is 4. The number of amides is 2. The van der Waals surface area contributed by atoms with Crippen LogP contribution in [0.2, 0.25) is 0 Å². The third-order valence-corrected chi connectivity index (χ3v) is 6.76. The van der Waals surface area contributed by atoms with E-state index in [1.54, 1.807) is 9.80 Å². The molecule has 2 heterocycles. The molecule has 0 unspecified atom stereocenters. The minimum Gasteiger partial charge on any atom is -0.339 e. The zero-order valence-corrected chi connectivity index (χ0v) is 15.1. The monoisotopic (exact) mass is 364 g/mol. The molecule has 0 radical (unpaired) electrons. The Kier molecular flexibility index (Phi) is 5.42. The lowest BCUT2D eigenvalue weighted by atomic mass is 10.1. The Bertz CT molecular complexity index is 725. The second-order valence-electron chi connectivity index (χ2n) is 6.79. The maximum absolute atomic E-state index is 12.4. The molecule has 1 aromatic rings. The molecule has 3 rings (SSSR count). The predicted octanol–water partition coefficient (Wildman–Crippen LogP) is 0.725. The molecule has 25 heavy (non-hydrogen) atoms. The number of benzene rings is 1. The van der Waals surface area contributed by atoms with E-state index in [4.69, 9.17) is 0 Å². The number of carbonyl (C=O) groups is 2. The van der Waals surface area contributed by atoms with E-state index < -0.39 is 15.8 Å². The summed E-state index contributed by atoms with van der Waals surface area (Å²) >= 11 is 0. The first-order valence-electron chi connectivity index (χ1n) is 8.75. The maximum Gasteiger partial charge on any atom is 0.226 e. The Balaban J connectivity index is 1.45. The van der Waals surface area contributed by atoms with Gasteiger partial charge in [-0.3, -0.25) is 9.59 Å². The molecular weight excluding hydrogens is 340 g/mol. The Hall–Kier alpha value is -1.89. The van der Waals surface area contributed by atoms with Crippen molar-refractivity contribution >= 4 is 21.7 Å². The summed E-state index contributed by atoms with van der Waals surface area (Å²) in [5.41, 5.74) is 1.15. The Morgan fingerprint density at radius 1 is 1.00 bits per heavy atom. The molecule has 0 aromatic heterocycles. The molecule has 2 saturated heterocycles. The van der Waals surface area contributed by atoms with E-state index in [-0.39, 0.29) is 23.3 Å². The van der Waals surface area contributed by atoms with Crippen molar-refractivity contribution in [3.63, 3.8) is 0 Å². The fourth-order valence-corrected chi connectivity index (χ4v) is 5.21. The number of aryl methyl sites for hydroxylation is 1. The fourth-order valence-electron chi connectivity index (χ4n) is 3.48. The highest BCUT2D eigenvalue weighted by Gasteiger charge is 2.36. The van der Waals surface area contributed by atoms with E-state index in [0.717, 1.165) is 12.0 Å². The van der Waals surface area contributed by atoms with Gasteiger partial charge in [-0.2, -0.15) is 0 Å². The smallest absolute Gasteiger partial charge is 0.226 e. The minimum absolute atomic E-state index is 0.0257. The fraction of sp³-hybridized carbons (Fsp3) is 0.556. The van der Waals surface area contributed by atoms with Crippen molar-refractivity contribution in [2.75, 3.05) is 37.7 Å². The first kappa shape index (κ1) is 17.9. The average molecular weight is 364 g/mol. The topological polar surface area (TPSA) is 74.8 Å². The number of sulfone groups is 1. The molecule has 2 fully saturated rings. The second-order valence-corrected chi connectivity index (χ2v) is 9.02. The SMILES string of the molecule is O=C(CCc1ccccc1)N1CCN(C(=O)[C@@H]2CCS(=O)(=O)C2)CC1. The van der Waals surface area contributed by atoms with Crippen LogP contribution < -0.4 is 0 Å². The van der Waals surface area contributed by atoms with Crippen molar-refractivity contribution in [1.82, 2.24) is 9.80 Å². The molecule has 2 amide bonds. The highest BCUT2D eigenvalue weighted by atomic mass is 32.2. The minimum atomic E-state index is -3.05. The summed E-state index contributed by atoms with van der Waals surface area (Å²) in [7, 11) is -3.05. The molecule has 0 saturated carbocycles. The van der Waals surface area contributed by atoms with Gasteiger partial charge in [0.2, 0.25) is 11.8 Å². The van der Waals surface area contributed by atoms with Gasteiger partial charge in [-0.1, -0.05) is 30.3 Å². The summed E-state index contributed by atoms with van der Waals surface area (Å²) in [6, 6.07) is 9.91. The van der Waals surface area contributed by atoms with Crippen LogP contribution in [-0.4, -0.2) is 67.7 Å². The van der Waals surface area contributed by atoms with Gasteiger partial charge in [-0.15, -0.1) is 0 Å². The van der Waals surface area contributed by atoms with Crippen LogP contribution in [0.15, 0.2) is 30.3 Å². The van der Waals surface area contributed by atoms with Gasteiger partial charge < -0.3 is 9.80 Å². The highest BCUT2D eigenvalue weighted by Crippen LogP contribution is 2.21. The molecule has 2 aliphatic rings. The van der Waals surface area contributed by atoms with Crippen LogP contribution in [0.5, 0.6) is 0 Å². The van der Waals surface area contributed by atoms with Gasteiger partial charge in [-0.25, -0.2) is 8.42 Å². The first-order valence-corrected chi connectivity index (χ1v) is 10.6. The number of hydrogen-bond donors (Lipinski definition) is 0. The zero-order valence-electron chi connectivity index (χ0n) is 14.3. The molecule has 1 aromatic carbocycles. The number of carbonyl (C=O) groups excluding carboxylic acids is 2. The van der Waals surface area contributed by atoms with Crippen LogP contribution in [0, 0.1) is 5.92 Å². The van der Waals surface area contributed by atoms with Crippen LogP contribution in [0.25, 0.3) is 0 Å². The first-order chi connectivity index (χ1) is 11.9. The maximum atomic E-state index is 12.4. The third-order valence-electron chi connectivity index (χ3n) is 5.00. The van der Waals surface area contributed by atoms with Crippen LogP contribution in [0.4, 0.5) is 0 Å². The largest absolute Gasteiger partial charge is 0.339 e. The van der Waals surface area contributed by atoms with Gasteiger partial charge in [0, 0.05) is 32.6 Å². The van der Waals surface area contributed by atoms with Crippen molar-refractivity contribution in [2.24, 2.45) is 5.92 Å². The highest BCUT2D eigenvalue weighted by molar-refractivity contribution is 7.91. The van der Waals surface area contributed by atoms with Crippen LogP contribution in [-0.2, 0) is 25.8 Å². The number of hydrogen-bond acceptors (Lipinski definition) is 4. The van der Waals surface area contributed by atoms with Crippen molar-refractivity contribution in [2.45, 2.75) is 19.3 Å². The van der Waals surface area contributed by atoms with Crippen LogP contribution >= 0.6 is 0 Å². The summed E-state index contributed by atoms with van der Waals surface area (Å²) in [5.74, 6) is -0.272. The molecule has 0 N–H and O–H groups in total. The van der Waals surface area contributed by atoms with E-state index in [1.807, 2.05) is 30.3 Å². The lowest BCUT2D eigenvalue weighted by molar-refractivity contribution is -0.141. The Morgan fingerprint density at radius 2 is 1.64 bits per heavy atom. The van der Waals surface area contributed by atoms with Crippen LogP contribution in [0.3, 0.4) is 0 Å². The third kappa shape index (κ3) is 4.60. The molecule has 1 atom stereocenters. The van der Waals surface area contributed by atoms with Crippen molar-refractivity contribution in [3.05, 3.63) is 35.9 Å². The second kappa shape index (κ2) is 7.56. The Morgan fingerprint density at radius 3 is 2.24 bits per heavy atom. The summed E-state index contributed by atoms with van der Waals surface area (Å²) in [5, 5.41) is 0.